The lowest BCUT2D eigenvalue weighted by atomic mass is 10.2. The molecule has 1 amide bonds. The lowest BCUT2D eigenvalue weighted by Crippen LogP contribution is -2.28. The predicted molar refractivity (Wildman–Crippen MR) is 93.6 cm³/mol. The lowest BCUT2D eigenvalue weighted by Gasteiger charge is -2.11. The zero-order chi connectivity index (χ0) is 18.4. The number of nitrogens with one attached hydrogen (secondary N) is 1. The Morgan fingerprint density at radius 2 is 1.88 bits per heavy atom. The third-order valence-electron chi connectivity index (χ3n) is 3.21. The SMILES string of the molecule is COc1ccccc1OCCNC(=O)c1ccc(Cl)c(S(N)(=O)=O)c1. The number of sulfonamides is 1. The van der Waals surface area contributed by atoms with Gasteiger partial charge in [0.25, 0.3) is 5.91 Å². The van der Waals surface area contributed by atoms with Crippen LogP contribution in [0.5, 0.6) is 11.5 Å². The fraction of sp³-hybridized carbons (Fsp3) is 0.188. The van der Waals surface area contributed by atoms with Gasteiger partial charge in [-0.05, 0) is 30.3 Å². The zero-order valence-electron chi connectivity index (χ0n) is 13.4. The number of benzene rings is 2. The van der Waals surface area contributed by atoms with E-state index in [1.165, 1.54) is 19.2 Å². The molecular formula is C16H17ClN2O5S. The van der Waals surface area contributed by atoms with Gasteiger partial charge in [-0.25, -0.2) is 13.6 Å². The molecule has 0 saturated carbocycles. The molecule has 3 N–H and O–H groups in total. The van der Waals surface area contributed by atoms with E-state index in [0.29, 0.717) is 11.5 Å². The largest absolute Gasteiger partial charge is 0.493 e. The monoisotopic (exact) mass is 384 g/mol. The molecule has 2 aromatic carbocycles. The van der Waals surface area contributed by atoms with Crippen molar-refractivity contribution in [2.75, 3.05) is 20.3 Å². The first-order valence-corrected chi connectivity index (χ1v) is 9.11. The summed E-state index contributed by atoms with van der Waals surface area (Å²) < 4.78 is 33.6. The fourth-order valence-electron chi connectivity index (χ4n) is 2.03. The van der Waals surface area contributed by atoms with Gasteiger partial charge >= 0.3 is 0 Å². The number of ether oxygens (including phenoxy) is 2. The minimum absolute atomic E-state index is 0.0430. The van der Waals surface area contributed by atoms with E-state index < -0.39 is 15.9 Å². The molecule has 9 heteroatoms. The smallest absolute Gasteiger partial charge is 0.251 e. The molecule has 134 valence electrons. The normalized spacial score (nSPS) is 11.0. The second-order valence-corrected chi connectivity index (χ2v) is 6.88. The van der Waals surface area contributed by atoms with Crippen LogP contribution in [0.4, 0.5) is 0 Å². The Morgan fingerprint density at radius 3 is 2.52 bits per heavy atom. The molecule has 2 rings (SSSR count). The van der Waals surface area contributed by atoms with Gasteiger partial charge in [-0.1, -0.05) is 23.7 Å². The third kappa shape index (κ3) is 5.09. The first-order valence-electron chi connectivity index (χ1n) is 7.19. The van der Waals surface area contributed by atoms with E-state index in [4.69, 9.17) is 26.2 Å². The number of carbonyl (C=O) groups excluding carboxylic acids is 1. The second kappa shape index (κ2) is 8.19. The number of carbonyl (C=O) groups is 1. The van der Waals surface area contributed by atoms with Gasteiger partial charge in [-0.3, -0.25) is 4.79 Å². The number of methoxy groups -OCH3 is 1. The number of amides is 1. The minimum atomic E-state index is -4.01. The maximum absolute atomic E-state index is 12.1. The van der Waals surface area contributed by atoms with Crippen LogP contribution in [0, 0.1) is 0 Å². The van der Waals surface area contributed by atoms with Crippen molar-refractivity contribution in [3.63, 3.8) is 0 Å². The van der Waals surface area contributed by atoms with Crippen LogP contribution in [-0.4, -0.2) is 34.6 Å². The van der Waals surface area contributed by atoms with Crippen LogP contribution >= 0.6 is 11.6 Å². The third-order valence-corrected chi connectivity index (χ3v) is 4.61. The zero-order valence-corrected chi connectivity index (χ0v) is 14.9. The summed E-state index contributed by atoms with van der Waals surface area (Å²) in [5.74, 6) is 0.678. The molecule has 0 aromatic heterocycles. The summed E-state index contributed by atoms with van der Waals surface area (Å²) in [6.45, 7) is 0.423. The molecule has 0 heterocycles. The van der Waals surface area contributed by atoms with E-state index in [-0.39, 0.29) is 28.6 Å². The Bertz CT molecular complexity index is 871. The fourth-order valence-corrected chi connectivity index (χ4v) is 3.10. The van der Waals surface area contributed by atoms with Crippen molar-refractivity contribution < 1.29 is 22.7 Å². The van der Waals surface area contributed by atoms with Gasteiger partial charge in [0.2, 0.25) is 10.0 Å². The minimum Gasteiger partial charge on any atom is -0.493 e. The maximum atomic E-state index is 12.1. The van der Waals surface area contributed by atoms with E-state index in [0.717, 1.165) is 6.07 Å². The second-order valence-electron chi connectivity index (χ2n) is 4.95. The summed E-state index contributed by atoms with van der Waals surface area (Å²) in [5, 5.41) is 7.64. The van der Waals surface area contributed by atoms with E-state index in [1.807, 2.05) is 6.07 Å². The number of para-hydroxylation sites is 2. The molecular weight excluding hydrogens is 368 g/mol. The highest BCUT2D eigenvalue weighted by Gasteiger charge is 2.16. The predicted octanol–water partition coefficient (Wildman–Crippen LogP) is 1.80. The van der Waals surface area contributed by atoms with Crippen LogP contribution in [0.15, 0.2) is 47.4 Å². The molecule has 0 spiro atoms. The highest BCUT2D eigenvalue weighted by Crippen LogP contribution is 2.25. The van der Waals surface area contributed by atoms with Crippen LogP contribution < -0.4 is 19.9 Å². The van der Waals surface area contributed by atoms with Gasteiger partial charge in [-0.2, -0.15) is 0 Å². The first kappa shape index (κ1) is 19.0. The molecule has 0 bridgehead atoms. The highest BCUT2D eigenvalue weighted by molar-refractivity contribution is 7.89. The molecule has 0 aliphatic heterocycles. The van der Waals surface area contributed by atoms with Crippen LogP contribution in [0.2, 0.25) is 5.02 Å². The van der Waals surface area contributed by atoms with Crippen molar-refractivity contribution >= 4 is 27.5 Å². The number of primary sulfonamides is 1. The average Bonchev–Trinajstić information content (AvgIpc) is 2.58. The quantitative estimate of drug-likeness (QED) is 0.708. The van der Waals surface area contributed by atoms with Crippen molar-refractivity contribution in [2.45, 2.75) is 4.90 Å². The molecule has 0 atom stereocenters. The van der Waals surface area contributed by atoms with E-state index in [2.05, 4.69) is 5.32 Å². The van der Waals surface area contributed by atoms with Gasteiger partial charge in [-0.15, -0.1) is 0 Å². The van der Waals surface area contributed by atoms with E-state index in [9.17, 15) is 13.2 Å². The summed E-state index contributed by atoms with van der Waals surface area (Å²) in [6.07, 6.45) is 0. The number of halogens is 1. The highest BCUT2D eigenvalue weighted by atomic mass is 35.5. The number of hydrogen-bond acceptors (Lipinski definition) is 5. The first-order chi connectivity index (χ1) is 11.8. The molecule has 25 heavy (non-hydrogen) atoms. The Labute approximate surface area is 150 Å². The standard InChI is InChI=1S/C16H17ClN2O5S/c1-23-13-4-2-3-5-14(13)24-9-8-19-16(20)11-6-7-12(17)15(10-11)25(18,21)22/h2-7,10H,8-9H2,1H3,(H,19,20)(H2,18,21,22). The van der Waals surface area contributed by atoms with Crippen molar-refractivity contribution in [3.05, 3.63) is 53.1 Å². The molecule has 0 aliphatic rings. The van der Waals surface area contributed by atoms with Crippen LogP contribution in [-0.2, 0) is 10.0 Å². The van der Waals surface area contributed by atoms with Gasteiger partial charge in [0.05, 0.1) is 18.7 Å². The van der Waals surface area contributed by atoms with Crippen molar-refractivity contribution in [1.82, 2.24) is 5.32 Å². The van der Waals surface area contributed by atoms with E-state index >= 15 is 0 Å². The number of rotatable bonds is 7. The van der Waals surface area contributed by atoms with E-state index in [1.54, 1.807) is 18.2 Å². The Balaban J connectivity index is 1.95. The van der Waals surface area contributed by atoms with Crippen molar-refractivity contribution in [3.8, 4) is 11.5 Å². The molecule has 0 saturated heterocycles. The summed E-state index contributed by atoms with van der Waals surface area (Å²) in [7, 11) is -2.47. The molecule has 0 fully saturated rings. The lowest BCUT2D eigenvalue weighted by molar-refractivity contribution is 0.0946. The summed E-state index contributed by atoms with van der Waals surface area (Å²) in [6, 6.07) is 11.0. The summed E-state index contributed by atoms with van der Waals surface area (Å²) in [4.78, 5) is 11.8. The topological polar surface area (TPSA) is 108 Å². The molecule has 7 nitrogen and oxygen atoms in total. The summed E-state index contributed by atoms with van der Waals surface area (Å²) in [5.41, 5.74) is 0.130. The van der Waals surface area contributed by atoms with Gasteiger partial charge < -0.3 is 14.8 Å². The Morgan fingerprint density at radius 1 is 1.20 bits per heavy atom. The van der Waals surface area contributed by atoms with Crippen LogP contribution in [0.3, 0.4) is 0 Å². The molecule has 0 unspecified atom stereocenters. The number of hydrogen-bond donors (Lipinski definition) is 2. The van der Waals surface area contributed by atoms with Crippen molar-refractivity contribution in [2.24, 2.45) is 5.14 Å². The van der Waals surface area contributed by atoms with Crippen molar-refractivity contribution in [1.29, 1.82) is 0 Å². The Hall–Kier alpha value is -2.29. The number of nitrogens with two attached hydrogens (primary N) is 1. The average molecular weight is 385 g/mol. The summed E-state index contributed by atoms with van der Waals surface area (Å²) >= 11 is 5.79. The van der Waals surface area contributed by atoms with Crippen LogP contribution in [0.25, 0.3) is 0 Å². The van der Waals surface area contributed by atoms with Crippen LogP contribution in [0.1, 0.15) is 10.4 Å². The van der Waals surface area contributed by atoms with Gasteiger partial charge in [0.15, 0.2) is 11.5 Å². The molecule has 2 aromatic rings. The van der Waals surface area contributed by atoms with Gasteiger partial charge in [0, 0.05) is 5.56 Å². The molecule has 0 radical (unpaired) electrons. The Kier molecular flexibility index (Phi) is 6.24. The molecule has 0 aliphatic carbocycles. The maximum Gasteiger partial charge on any atom is 0.251 e. The van der Waals surface area contributed by atoms with Gasteiger partial charge in [0.1, 0.15) is 11.5 Å².